The quantitative estimate of drug-likeness (QED) is 0.830. The molecule has 0 aliphatic carbocycles. The number of amides is 1. The number of nitrogens with two attached hydrogens (primary N) is 1. The lowest BCUT2D eigenvalue weighted by Gasteiger charge is -2.33. The van der Waals surface area contributed by atoms with E-state index in [0.717, 1.165) is 4.31 Å². The van der Waals surface area contributed by atoms with Gasteiger partial charge in [0.25, 0.3) is 16.1 Å². The molecule has 0 aromatic heterocycles. The molecule has 0 saturated carbocycles. The molecule has 2 N–H and O–H groups in total. The van der Waals surface area contributed by atoms with Gasteiger partial charge in [-0.25, -0.2) is 9.53 Å². The Bertz CT molecular complexity index is 630. The van der Waals surface area contributed by atoms with Crippen LogP contribution in [-0.4, -0.2) is 49.7 Å². The van der Waals surface area contributed by atoms with E-state index in [4.69, 9.17) is 5.14 Å². The summed E-state index contributed by atoms with van der Waals surface area (Å²) in [6.45, 7) is 0.810. The third kappa shape index (κ3) is 3.35. The number of carbonyl (C=O) groups is 1. The number of benzene rings is 1. The van der Waals surface area contributed by atoms with Crippen molar-refractivity contribution in [1.82, 2.24) is 9.21 Å². The van der Waals surface area contributed by atoms with Crippen molar-refractivity contribution >= 4 is 32.0 Å². The van der Waals surface area contributed by atoms with Gasteiger partial charge in [0.2, 0.25) is 0 Å². The van der Waals surface area contributed by atoms with Gasteiger partial charge in [0.15, 0.2) is 0 Å². The standard InChI is InChI=1S/C11H13BrFN3O3S/c12-10-7-8(13)1-2-9(10)11(17)15-3-5-16(6-4-15)20(14,18)19/h1-2,7H,3-6H2,(H2,14,18,19). The molecular formula is C11H13BrFN3O3S. The largest absolute Gasteiger partial charge is 0.336 e. The van der Waals surface area contributed by atoms with Gasteiger partial charge in [-0.3, -0.25) is 4.79 Å². The molecule has 1 heterocycles. The van der Waals surface area contributed by atoms with E-state index in [2.05, 4.69) is 15.9 Å². The Morgan fingerprint density at radius 3 is 2.35 bits per heavy atom. The van der Waals surface area contributed by atoms with E-state index in [1.54, 1.807) is 0 Å². The number of halogens is 2. The van der Waals surface area contributed by atoms with Crippen LogP contribution in [0, 0.1) is 5.82 Å². The molecule has 20 heavy (non-hydrogen) atoms. The first-order valence-corrected chi connectivity index (χ1v) is 8.11. The SMILES string of the molecule is NS(=O)(=O)N1CCN(C(=O)c2ccc(F)cc2Br)CC1. The molecule has 0 radical (unpaired) electrons. The summed E-state index contributed by atoms with van der Waals surface area (Å²) in [4.78, 5) is 13.8. The Labute approximate surface area is 124 Å². The number of hydrogen-bond acceptors (Lipinski definition) is 3. The summed E-state index contributed by atoms with van der Waals surface area (Å²) < 4.78 is 36.8. The lowest BCUT2D eigenvalue weighted by molar-refractivity contribution is 0.0697. The zero-order chi connectivity index (χ0) is 14.9. The van der Waals surface area contributed by atoms with E-state index < -0.39 is 16.0 Å². The van der Waals surface area contributed by atoms with Gasteiger partial charge in [0.1, 0.15) is 5.82 Å². The smallest absolute Gasteiger partial charge is 0.277 e. The first-order chi connectivity index (χ1) is 9.29. The maximum Gasteiger partial charge on any atom is 0.277 e. The fraction of sp³-hybridized carbons (Fsp3) is 0.364. The van der Waals surface area contributed by atoms with Crippen LogP contribution >= 0.6 is 15.9 Å². The number of carbonyl (C=O) groups excluding carboxylic acids is 1. The summed E-state index contributed by atoms with van der Waals surface area (Å²) in [6.07, 6.45) is 0. The second-order valence-corrected chi connectivity index (χ2v) is 6.76. The summed E-state index contributed by atoms with van der Waals surface area (Å²) in [5.74, 6) is -0.710. The highest BCUT2D eigenvalue weighted by Gasteiger charge is 2.27. The molecule has 1 aliphatic rings. The lowest BCUT2D eigenvalue weighted by Crippen LogP contribution is -2.52. The monoisotopic (exact) mass is 365 g/mol. The highest BCUT2D eigenvalue weighted by Crippen LogP contribution is 2.20. The molecule has 0 spiro atoms. The molecule has 1 aromatic rings. The Hall–Kier alpha value is -1.03. The maximum absolute atomic E-state index is 13.0. The minimum Gasteiger partial charge on any atom is -0.336 e. The van der Waals surface area contributed by atoms with E-state index in [9.17, 15) is 17.6 Å². The third-order valence-corrected chi connectivity index (χ3v) is 4.79. The van der Waals surface area contributed by atoms with Crippen LogP contribution in [0.4, 0.5) is 4.39 Å². The molecule has 0 bridgehead atoms. The summed E-state index contributed by atoms with van der Waals surface area (Å²) in [6, 6.07) is 3.82. The first kappa shape index (κ1) is 15.4. The fourth-order valence-corrected chi connectivity index (χ4v) is 3.17. The van der Waals surface area contributed by atoms with Crippen LogP contribution in [0.2, 0.25) is 0 Å². The van der Waals surface area contributed by atoms with Crippen LogP contribution in [0.3, 0.4) is 0 Å². The minimum atomic E-state index is -3.72. The molecule has 1 aromatic carbocycles. The molecular weight excluding hydrogens is 353 g/mol. The predicted molar refractivity (Wildman–Crippen MR) is 74.7 cm³/mol. The third-order valence-electron chi connectivity index (χ3n) is 3.05. The zero-order valence-electron chi connectivity index (χ0n) is 10.4. The molecule has 0 unspecified atom stereocenters. The normalized spacial score (nSPS) is 17.2. The van der Waals surface area contributed by atoms with Crippen molar-refractivity contribution in [2.45, 2.75) is 0 Å². The van der Waals surface area contributed by atoms with Crippen LogP contribution in [-0.2, 0) is 10.2 Å². The van der Waals surface area contributed by atoms with E-state index >= 15 is 0 Å². The van der Waals surface area contributed by atoms with Crippen molar-refractivity contribution in [2.24, 2.45) is 5.14 Å². The topological polar surface area (TPSA) is 83.7 Å². The van der Waals surface area contributed by atoms with Crippen molar-refractivity contribution in [3.8, 4) is 0 Å². The predicted octanol–water partition coefficient (Wildman–Crippen LogP) is 0.550. The van der Waals surface area contributed by atoms with Gasteiger partial charge >= 0.3 is 0 Å². The fourth-order valence-electron chi connectivity index (χ4n) is 1.98. The minimum absolute atomic E-state index is 0.156. The van der Waals surface area contributed by atoms with Gasteiger partial charge in [-0.15, -0.1) is 0 Å². The van der Waals surface area contributed by atoms with Gasteiger partial charge in [-0.05, 0) is 34.1 Å². The van der Waals surface area contributed by atoms with Gasteiger partial charge in [0, 0.05) is 30.7 Å². The van der Waals surface area contributed by atoms with Gasteiger partial charge in [0.05, 0.1) is 5.56 Å². The highest BCUT2D eigenvalue weighted by molar-refractivity contribution is 9.10. The average Bonchev–Trinajstić information content (AvgIpc) is 2.37. The van der Waals surface area contributed by atoms with E-state index in [-0.39, 0.29) is 32.1 Å². The van der Waals surface area contributed by atoms with Gasteiger partial charge in [-0.2, -0.15) is 12.7 Å². The Morgan fingerprint density at radius 2 is 1.85 bits per heavy atom. The van der Waals surface area contributed by atoms with Gasteiger partial charge < -0.3 is 4.90 Å². The Morgan fingerprint density at radius 1 is 1.25 bits per heavy atom. The second-order valence-electron chi connectivity index (χ2n) is 4.36. The number of piperazine rings is 1. The van der Waals surface area contributed by atoms with Crippen LogP contribution in [0.25, 0.3) is 0 Å². The van der Waals surface area contributed by atoms with Crippen LogP contribution in [0.5, 0.6) is 0 Å². The number of nitrogens with zero attached hydrogens (tertiary/aromatic N) is 2. The number of hydrogen-bond donors (Lipinski definition) is 1. The zero-order valence-corrected chi connectivity index (χ0v) is 12.8. The molecule has 6 nitrogen and oxygen atoms in total. The first-order valence-electron chi connectivity index (χ1n) is 5.81. The second kappa shape index (κ2) is 5.76. The summed E-state index contributed by atoms with van der Waals surface area (Å²) in [5, 5.41) is 5.03. The van der Waals surface area contributed by atoms with Crippen molar-refractivity contribution in [2.75, 3.05) is 26.2 Å². The summed E-state index contributed by atoms with van der Waals surface area (Å²) in [5.41, 5.74) is 0.343. The van der Waals surface area contributed by atoms with Crippen LogP contribution < -0.4 is 5.14 Å². The molecule has 1 amide bonds. The molecule has 1 aliphatic heterocycles. The lowest BCUT2D eigenvalue weighted by atomic mass is 10.2. The average molecular weight is 366 g/mol. The van der Waals surface area contributed by atoms with Crippen molar-refractivity contribution < 1.29 is 17.6 Å². The molecule has 0 atom stereocenters. The van der Waals surface area contributed by atoms with E-state index in [1.165, 1.54) is 23.1 Å². The molecule has 1 fully saturated rings. The molecule has 9 heteroatoms. The molecule has 2 rings (SSSR count). The Balaban J connectivity index is 2.09. The van der Waals surface area contributed by atoms with Crippen LogP contribution in [0.1, 0.15) is 10.4 Å². The van der Waals surface area contributed by atoms with E-state index in [1.807, 2.05) is 0 Å². The number of rotatable bonds is 2. The van der Waals surface area contributed by atoms with Crippen molar-refractivity contribution in [3.05, 3.63) is 34.1 Å². The van der Waals surface area contributed by atoms with E-state index in [0.29, 0.717) is 10.0 Å². The van der Waals surface area contributed by atoms with Crippen LogP contribution in [0.15, 0.2) is 22.7 Å². The Kier molecular flexibility index (Phi) is 4.43. The molecule has 110 valence electrons. The summed E-state index contributed by atoms with van der Waals surface area (Å²) >= 11 is 3.14. The molecule has 1 saturated heterocycles. The summed E-state index contributed by atoms with van der Waals surface area (Å²) in [7, 11) is -3.72. The van der Waals surface area contributed by atoms with Gasteiger partial charge in [-0.1, -0.05) is 0 Å². The van der Waals surface area contributed by atoms with Crippen molar-refractivity contribution in [3.63, 3.8) is 0 Å². The maximum atomic E-state index is 13.0. The highest BCUT2D eigenvalue weighted by atomic mass is 79.9. The van der Waals surface area contributed by atoms with Crippen molar-refractivity contribution in [1.29, 1.82) is 0 Å².